The molecule has 1 saturated carbocycles. The van der Waals surface area contributed by atoms with Crippen LogP contribution in [0.5, 0.6) is 5.75 Å². The molecule has 0 unspecified atom stereocenters. The van der Waals surface area contributed by atoms with Crippen LogP contribution in [0.2, 0.25) is 0 Å². The van der Waals surface area contributed by atoms with E-state index in [1.165, 1.54) is 19.3 Å². The van der Waals surface area contributed by atoms with Gasteiger partial charge in [-0.25, -0.2) is 0 Å². The number of benzene rings is 1. The van der Waals surface area contributed by atoms with Gasteiger partial charge in [-0.05, 0) is 44.7 Å². The molecule has 2 heteroatoms. The first-order chi connectivity index (χ1) is 7.75. The summed E-state index contributed by atoms with van der Waals surface area (Å²) in [4.78, 5) is 11.2. The van der Waals surface area contributed by atoms with Crippen molar-refractivity contribution < 1.29 is 9.53 Å². The predicted molar refractivity (Wildman–Crippen MR) is 63.9 cm³/mol. The minimum atomic E-state index is 0.0918. The Morgan fingerprint density at radius 1 is 1.25 bits per heavy atom. The number of hydrogen-bond donors (Lipinski definition) is 0. The number of carbonyl (C=O) groups excluding carboxylic acids is 1. The van der Waals surface area contributed by atoms with Crippen molar-refractivity contribution in [3.05, 3.63) is 29.8 Å². The van der Waals surface area contributed by atoms with Gasteiger partial charge in [-0.2, -0.15) is 0 Å². The van der Waals surface area contributed by atoms with Crippen LogP contribution < -0.4 is 4.74 Å². The van der Waals surface area contributed by atoms with E-state index in [4.69, 9.17) is 4.74 Å². The average molecular weight is 218 g/mol. The molecule has 1 aromatic carbocycles. The Bertz CT molecular complexity index is 365. The van der Waals surface area contributed by atoms with E-state index in [-0.39, 0.29) is 5.78 Å². The fourth-order valence-corrected chi connectivity index (χ4v) is 2.16. The molecule has 0 aliphatic heterocycles. The average Bonchev–Trinajstić information content (AvgIpc) is 2.30. The quantitative estimate of drug-likeness (QED) is 0.724. The Balaban J connectivity index is 2.02. The molecular weight excluding hydrogens is 200 g/mol. The Hall–Kier alpha value is -1.31. The molecule has 0 atom stereocenters. The van der Waals surface area contributed by atoms with E-state index in [1.54, 1.807) is 6.92 Å². The summed E-state index contributed by atoms with van der Waals surface area (Å²) in [6.07, 6.45) is 6.48. The molecule has 0 spiro atoms. The third kappa shape index (κ3) is 2.84. The van der Waals surface area contributed by atoms with E-state index in [9.17, 15) is 4.79 Å². The van der Waals surface area contributed by atoms with Crippen LogP contribution in [0.1, 0.15) is 49.4 Å². The first-order valence-corrected chi connectivity index (χ1v) is 6.03. The molecule has 0 amide bonds. The maximum absolute atomic E-state index is 11.2. The second-order valence-electron chi connectivity index (χ2n) is 4.46. The van der Waals surface area contributed by atoms with Crippen LogP contribution in [-0.4, -0.2) is 11.9 Å². The van der Waals surface area contributed by atoms with Crippen LogP contribution in [0.15, 0.2) is 24.3 Å². The highest BCUT2D eigenvalue weighted by atomic mass is 16.5. The lowest BCUT2D eigenvalue weighted by Gasteiger charge is -2.23. The first kappa shape index (κ1) is 11.2. The zero-order valence-corrected chi connectivity index (χ0v) is 9.74. The summed E-state index contributed by atoms with van der Waals surface area (Å²) in [6, 6.07) is 7.49. The molecule has 0 heterocycles. The maximum atomic E-state index is 11.2. The number of hydrogen-bond acceptors (Lipinski definition) is 2. The number of Topliss-reactive ketones (excluding diaryl/α,β-unsaturated/α-hetero) is 1. The summed E-state index contributed by atoms with van der Waals surface area (Å²) in [6.45, 7) is 1.58. The van der Waals surface area contributed by atoms with Crippen LogP contribution in [0.4, 0.5) is 0 Å². The van der Waals surface area contributed by atoms with Gasteiger partial charge in [-0.15, -0.1) is 0 Å². The highest BCUT2D eigenvalue weighted by Crippen LogP contribution is 2.23. The Morgan fingerprint density at radius 2 is 2.00 bits per heavy atom. The van der Waals surface area contributed by atoms with Crippen LogP contribution in [0.25, 0.3) is 0 Å². The molecular formula is C14H18O2. The monoisotopic (exact) mass is 218 g/mol. The summed E-state index contributed by atoms with van der Waals surface area (Å²) in [5, 5.41) is 0. The highest BCUT2D eigenvalue weighted by Gasteiger charge is 2.14. The Morgan fingerprint density at radius 3 is 2.69 bits per heavy atom. The fraction of sp³-hybridized carbons (Fsp3) is 0.500. The van der Waals surface area contributed by atoms with Crippen molar-refractivity contribution in [1.29, 1.82) is 0 Å². The van der Waals surface area contributed by atoms with E-state index in [1.807, 2.05) is 24.3 Å². The fourth-order valence-electron chi connectivity index (χ4n) is 2.16. The predicted octanol–water partition coefficient (Wildman–Crippen LogP) is 3.60. The van der Waals surface area contributed by atoms with Crippen molar-refractivity contribution in [2.45, 2.75) is 45.1 Å². The molecule has 0 aromatic heterocycles. The van der Waals surface area contributed by atoms with Crippen molar-refractivity contribution in [3.8, 4) is 5.75 Å². The van der Waals surface area contributed by atoms with Crippen LogP contribution in [0.3, 0.4) is 0 Å². The van der Waals surface area contributed by atoms with E-state index < -0.39 is 0 Å². The van der Waals surface area contributed by atoms with Gasteiger partial charge in [0.1, 0.15) is 5.75 Å². The minimum Gasteiger partial charge on any atom is -0.490 e. The molecule has 0 radical (unpaired) electrons. The molecule has 1 aromatic rings. The minimum absolute atomic E-state index is 0.0918. The van der Waals surface area contributed by atoms with Gasteiger partial charge in [0.15, 0.2) is 5.78 Å². The second kappa shape index (κ2) is 5.15. The van der Waals surface area contributed by atoms with E-state index >= 15 is 0 Å². The van der Waals surface area contributed by atoms with E-state index in [2.05, 4.69) is 0 Å². The topological polar surface area (TPSA) is 26.3 Å². The van der Waals surface area contributed by atoms with Crippen molar-refractivity contribution in [1.82, 2.24) is 0 Å². The second-order valence-corrected chi connectivity index (χ2v) is 4.46. The zero-order chi connectivity index (χ0) is 11.4. The van der Waals surface area contributed by atoms with Crippen molar-refractivity contribution in [2.75, 3.05) is 0 Å². The molecule has 1 aliphatic rings. The molecule has 1 aliphatic carbocycles. The molecule has 0 saturated heterocycles. The van der Waals surface area contributed by atoms with Crippen molar-refractivity contribution >= 4 is 5.78 Å². The van der Waals surface area contributed by atoms with Gasteiger partial charge < -0.3 is 4.74 Å². The lowest BCUT2D eigenvalue weighted by Crippen LogP contribution is -2.19. The summed E-state index contributed by atoms with van der Waals surface area (Å²) >= 11 is 0. The number of ether oxygens (including phenoxy) is 1. The van der Waals surface area contributed by atoms with Gasteiger partial charge >= 0.3 is 0 Å². The van der Waals surface area contributed by atoms with Gasteiger partial charge in [-0.1, -0.05) is 18.6 Å². The molecule has 86 valence electrons. The lowest BCUT2D eigenvalue weighted by molar-refractivity contribution is 0.101. The molecule has 0 N–H and O–H groups in total. The molecule has 1 fully saturated rings. The molecule has 16 heavy (non-hydrogen) atoms. The van der Waals surface area contributed by atoms with Crippen LogP contribution in [-0.2, 0) is 0 Å². The summed E-state index contributed by atoms with van der Waals surface area (Å²) < 4.78 is 5.89. The standard InChI is InChI=1S/C14H18O2/c1-11(15)12-6-5-9-14(10-12)16-13-7-3-2-4-8-13/h5-6,9-10,13H,2-4,7-8H2,1H3. The SMILES string of the molecule is CC(=O)c1cccc(OC2CCCCC2)c1. The summed E-state index contributed by atoms with van der Waals surface area (Å²) in [5.41, 5.74) is 0.730. The number of rotatable bonds is 3. The summed E-state index contributed by atoms with van der Waals surface area (Å²) in [7, 11) is 0. The Kier molecular flexibility index (Phi) is 3.60. The molecule has 2 nitrogen and oxygen atoms in total. The normalized spacial score (nSPS) is 17.1. The lowest BCUT2D eigenvalue weighted by atomic mass is 9.98. The van der Waals surface area contributed by atoms with Crippen molar-refractivity contribution in [3.63, 3.8) is 0 Å². The van der Waals surface area contributed by atoms with E-state index in [0.29, 0.717) is 6.10 Å². The number of ketones is 1. The van der Waals surface area contributed by atoms with Crippen molar-refractivity contribution in [2.24, 2.45) is 0 Å². The first-order valence-electron chi connectivity index (χ1n) is 6.03. The zero-order valence-electron chi connectivity index (χ0n) is 9.74. The smallest absolute Gasteiger partial charge is 0.159 e. The van der Waals surface area contributed by atoms with Crippen LogP contribution >= 0.6 is 0 Å². The van der Waals surface area contributed by atoms with Gasteiger partial charge in [0.2, 0.25) is 0 Å². The summed E-state index contributed by atoms with van der Waals surface area (Å²) in [5.74, 6) is 0.925. The van der Waals surface area contributed by atoms with E-state index in [0.717, 1.165) is 24.2 Å². The molecule has 2 rings (SSSR count). The third-order valence-electron chi connectivity index (χ3n) is 3.10. The van der Waals surface area contributed by atoms with Crippen LogP contribution in [0, 0.1) is 0 Å². The van der Waals surface area contributed by atoms with Gasteiger partial charge in [0.25, 0.3) is 0 Å². The largest absolute Gasteiger partial charge is 0.490 e. The van der Waals surface area contributed by atoms with Gasteiger partial charge in [0, 0.05) is 5.56 Å². The Labute approximate surface area is 96.6 Å². The highest BCUT2D eigenvalue weighted by molar-refractivity contribution is 5.94. The number of carbonyl (C=O) groups is 1. The maximum Gasteiger partial charge on any atom is 0.159 e. The third-order valence-corrected chi connectivity index (χ3v) is 3.10. The van der Waals surface area contributed by atoms with Gasteiger partial charge in [-0.3, -0.25) is 4.79 Å². The van der Waals surface area contributed by atoms with Gasteiger partial charge in [0.05, 0.1) is 6.10 Å². The molecule has 0 bridgehead atoms.